The van der Waals surface area contributed by atoms with Gasteiger partial charge in [0.1, 0.15) is 18.2 Å². The summed E-state index contributed by atoms with van der Waals surface area (Å²) in [7, 11) is 0. The Bertz CT molecular complexity index is 1030. The SMILES string of the molecule is O=C(/C=C/c1ccc2c(c1)OCCO2)N1CCC[C@@H]1c1nc2ccccc2s1. The van der Waals surface area contributed by atoms with Gasteiger partial charge in [-0.15, -0.1) is 11.3 Å². The number of hydrogen-bond donors (Lipinski definition) is 0. The van der Waals surface area contributed by atoms with Crippen LogP contribution in [0.2, 0.25) is 0 Å². The highest BCUT2D eigenvalue weighted by Crippen LogP contribution is 2.37. The maximum Gasteiger partial charge on any atom is 0.247 e. The Labute approximate surface area is 167 Å². The molecular formula is C22H20N2O3S. The first kappa shape index (κ1) is 17.3. The molecule has 1 fully saturated rings. The Morgan fingerprint density at radius 2 is 2.00 bits per heavy atom. The van der Waals surface area contributed by atoms with E-state index in [1.165, 1.54) is 4.70 Å². The van der Waals surface area contributed by atoms with Gasteiger partial charge in [-0.1, -0.05) is 18.2 Å². The molecule has 142 valence electrons. The van der Waals surface area contributed by atoms with Crippen molar-refractivity contribution in [3.05, 3.63) is 59.1 Å². The number of amides is 1. The van der Waals surface area contributed by atoms with Crippen LogP contribution >= 0.6 is 11.3 Å². The molecule has 3 aromatic rings. The van der Waals surface area contributed by atoms with Crippen LogP contribution in [0.1, 0.15) is 29.5 Å². The number of rotatable bonds is 3. The second-order valence-electron chi connectivity index (χ2n) is 6.95. The Balaban J connectivity index is 1.34. The van der Waals surface area contributed by atoms with Crippen LogP contribution in [0, 0.1) is 0 Å². The monoisotopic (exact) mass is 392 g/mol. The second-order valence-corrected chi connectivity index (χ2v) is 8.01. The molecule has 1 amide bonds. The van der Waals surface area contributed by atoms with Crippen LogP contribution in [-0.4, -0.2) is 35.5 Å². The molecule has 28 heavy (non-hydrogen) atoms. The fourth-order valence-corrected chi connectivity index (χ4v) is 4.86. The molecule has 0 spiro atoms. The highest BCUT2D eigenvalue weighted by Gasteiger charge is 2.31. The van der Waals surface area contributed by atoms with E-state index in [4.69, 9.17) is 14.5 Å². The number of ether oxygens (including phenoxy) is 2. The average Bonchev–Trinajstić information content (AvgIpc) is 3.38. The molecule has 1 saturated heterocycles. The van der Waals surface area contributed by atoms with Gasteiger partial charge in [-0.05, 0) is 48.7 Å². The first-order chi connectivity index (χ1) is 13.8. The Morgan fingerprint density at radius 3 is 2.89 bits per heavy atom. The van der Waals surface area contributed by atoms with Crippen molar-refractivity contribution in [2.75, 3.05) is 19.8 Å². The predicted molar refractivity (Wildman–Crippen MR) is 110 cm³/mol. The fraction of sp³-hybridized carbons (Fsp3) is 0.273. The zero-order chi connectivity index (χ0) is 18.9. The largest absolute Gasteiger partial charge is 0.486 e. The first-order valence-corrected chi connectivity index (χ1v) is 10.3. The number of fused-ring (bicyclic) bond motifs is 2. The van der Waals surface area contributed by atoms with E-state index in [0.29, 0.717) is 13.2 Å². The van der Waals surface area contributed by atoms with Gasteiger partial charge in [0.05, 0.1) is 16.3 Å². The van der Waals surface area contributed by atoms with E-state index >= 15 is 0 Å². The van der Waals surface area contributed by atoms with E-state index in [1.807, 2.05) is 47.4 Å². The normalized spacial score (nSPS) is 18.9. The summed E-state index contributed by atoms with van der Waals surface area (Å²) in [6.45, 7) is 1.89. The van der Waals surface area contributed by atoms with Crippen LogP contribution < -0.4 is 9.47 Å². The molecule has 0 radical (unpaired) electrons. The summed E-state index contributed by atoms with van der Waals surface area (Å²) < 4.78 is 12.3. The third-order valence-electron chi connectivity index (χ3n) is 5.12. The maximum atomic E-state index is 12.9. The summed E-state index contributed by atoms with van der Waals surface area (Å²) >= 11 is 1.69. The molecule has 0 bridgehead atoms. The highest BCUT2D eigenvalue weighted by atomic mass is 32.1. The maximum absolute atomic E-state index is 12.9. The number of hydrogen-bond acceptors (Lipinski definition) is 5. The van der Waals surface area contributed by atoms with Gasteiger partial charge in [0.15, 0.2) is 11.5 Å². The van der Waals surface area contributed by atoms with E-state index in [2.05, 4.69) is 6.07 Å². The molecule has 0 N–H and O–H groups in total. The molecule has 5 rings (SSSR count). The van der Waals surface area contributed by atoms with Gasteiger partial charge in [0.25, 0.3) is 0 Å². The summed E-state index contributed by atoms with van der Waals surface area (Å²) in [4.78, 5) is 19.6. The lowest BCUT2D eigenvalue weighted by atomic mass is 10.1. The molecular weight excluding hydrogens is 372 g/mol. The molecule has 0 unspecified atom stereocenters. The molecule has 0 aliphatic carbocycles. The molecule has 2 aliphatic heterocycles. The Morgan fingerprint density at radius 1 is 1.14 bits per heavy atom. The zero-order valence-corrected chi connectivity index (χ0v) is 16.2. The van der Waals surface area contributed by atoms with Crippen molar-refractivity contribution in [2.45, 2.75) is 18.9 Å². The highest BCUT2D eigenvalue weighted by molar-refractivity contribution is 7.18. The van der Waals surface area contributed by atoms with Crippen LogP contribution in [0.3, 0.4) is 0 Å². The van der Waals surface area contributed by atoms with Crippen molar-refractivity contribution in [3.63, 3.8) is 0 Å². The molecule has 3 heterocycles. The molecule has 6 heteroatoms. The van der Waals surface area contributed by atoms with Gasteiger partial charge >= 0.3 is 0 Å². The summed E-state index contributed by atoms with van der Waals surface area (Å²) in [6.07, 6.45) is 5.46. The second kappa shape index (κ2) is 7.28. The minimum atomic E-state index is 0.0247. The van der Waals surface area contributed by atoms with E-state index in [1.54, 1.807) is 17.4 Å². The number of nitrogens with zero attached hydrogens (tertiary/aromatic N) is 2. The predicted octanol–water partition coefficient (Wildman–Crippen LogP) is 4.44. The van der Waals surface area contributed by atoms with Crippen molar-refractivity contribution in [3.8, 4) is 11.5 Å². The molecule has 2 aliphatic rings. The fourth-order valence-electron chi connectivity index (χ4n) is 3.75. The van der Waals surface area contributed by atoms with Crippen molar-refractivity contribution in [1.29, 1.82) is 0 Å². The molecule has 1 atom stereocenters. The quantitative estimate of drug-likeness (QED) is 0.618. The van der Waals surface area contributed by atoms with E-state index in [-0.39, 0.29) is 11.9 Å². The lowest BCUT2D eigenvalue weighted by Gasteiger charge is -2.21. The van der Waals surface area contributed by atoms with Crippen molar-refractivity contribution < 1.29 is 14.3 Å². The molecule has 1 aromatic heterocycles. The number of likely N-dealkylation sites (tertiary alicyclic amines) is 1. The summed E-state index contributed by atoms with van der Waals surface area (Å²) in [5.74, 6) is 1.51. The number of aromatic nitrogens is 1. The third-order valence-corrected chi connectivity index (χ3v) is 6.25. The number of carbonyl (C=O) groups excluding carboxylic acids is 1. The van der Waals surface area contributed by atoms with Gasteiger partial charge < -0.3 is 14.4 Å². The van der Waals surface area contributed by atoms with Crippen molar-refractivity contribution >= 4 is 33.5 Å². The first-order valence-electron chi connectivity index (χ1n) is 9.52. The standard InChI is InChI=1S/C22H20N2O3S/c25-21(10-8-15-7-9-18-19(14-15)27-13-12-26-18)24-11-3-5-17(24)22-23-16-4-1-2-6-20(16)28-22/h1-2,4,6-10,14,17H,3,5,11-13H2/b10-8+/t17-/m1/s1. The van der Waals surface area contributed by atoms with Gasteiger partial charge in [0, 0.05) is 12.6 Å². The topological polar surface area (TPSA) is 51.7 Å². The molecule has 5 nitrogen and oxygen atoms in total. The molecule has 2 aromatic carbocycles. The molecule has 0 saturated carbocycles. The van der Waals surface area contributed by atoms with Gasteiger partial charge in [0.2, 0.25) is 5.91 Å². The lowest BCUT2D eigenvalue weighted by Crippen LogP contribution is -2.28. The summed E-state index contributed by atoms with van der Waals surface area (Å²) in [5.41, 5.74) is 1.93. The third kappa shape index (κ3) is 3.24. The summed E-state index contributed by atoms with van der Waals surface area (Å²) in [6, 6.07) is 13.9. The minimum absolute atomic E-state index is 0.0247. The average molecular weight is 392 g/mol. The van der Waals surface area contributed by atoms with Crippen molar-refractivity contribution in [1.82, 2.24) is 9.88 Å². The van der Waals surface area contributed by atoms with Crippen LogP contribution in [0.4, 0.5) is 0 Å². The minimum Gasteiger partial charge on any atom is -0.486 e. The van der Waals surface area contributed by atoms with Crippen LogP contribution in [0.5, 0.6) is 11.5 Å². The van der Waals surface area contributed by atoms with Gasteiger partial charge in [-0.2, -0.15) is 0 Å². The number of benzene rings is 2. The van der Waals surface area contributed by atoms with E-state index < -0.39 is 0 Å². The van der Waals surface area contributed by atoms with Crippen LogP contribution in [0.15, 0.2) is 48.5 Å². The van der Waals surface area contributed by atoms with Crippen LogP contribution in [-0.2, 0) is 4.79 Å². The van der Waals surface area contributed by atoms with Crippen molar-refractivity contribution in [2.24, 2.45) is 0 Å². The zero-order valence-electron chi connectivity index (χ0n) is 15.3. The van der Waals surface area contributed by atoms with E-state index in [0.717, 1.165) is 47.0 Å². The van der Waals surface area contributed by atoms with E-state index in [9.17, 15) is 4.79 Å². The smallest absolute Gasteiger partial charge is 0.247 e. The number of carbonyl (C=O) groups is 1. The van der Waals surface area contributed by atoms with Gasteiger partial charge in [-0.3, -0.25) is 4.79 Å². The van der Waals surface area contributed by atoms with Crippen LogP contribution in [0.25, 0.3) is 16.3 Å². The van der Waals surface area contributed by atoms with Gasteiger partial charge in [-0.25, -0.2) is 4.98 Å². The Kier molecular flexibility index (Phi) is 4.49. The number of thiazole rings is 1. The lowest BCUT2D eigenvalue weighted by molar-refractivity contribution is -0.126. The number of para-hydroxylation sites is 1. The Hall–Kier alpha value is -2.86. The summed E-state index contributed by atoms with van der Waals surface area (Å²) in [5, 5.41) is 1.03.